The zero-order chi connectivity index (χ0) is 8.97. The normalized spacial score (nSPS) is 9.77. The standard InChI is InChI=1S/C7H10N2O2S.Na/c1-10-6(11-2)5-3-4-8-7(12)9-5;/h3-4,6H,1-2H3,(H,8,9,12);. The van der Waals surface area contributed by atoms with E-state index in [-0.39, 0.29) is 29.6 Å². The van der Waals surface area contributed by atoms with E-state index in [1.807, 2.05) is 0 Å². The maximum atomic E-state index is 5.01. The SMILES string of the molecule is COC(OC)c1ccnc(=S)[nH]1.[Na]. The number of aromatic amines is 1. The second kappa shape index (κ2) is 6.64. The number of methoxy groups -OCH3 is 2. The van der Waals surface area contributed by atoms with Crippen LogP contribution in [0.25, 0.3) is 0 Å². The van der Waals surface area contributed by atoms with E-state index in [4.69, 9.17) is 21.7 Å². The predicted octanol–water partition coefficient (Wildman–Crippen LogP) is 1.05. The quantitative estimate of drug-likeness (QED) is 0.459. The molecule has 0 fully saturated rings. The second-order valence-electron chi connectivity index (χ2n) is 2.13. The summed E-state index contributed by atoms with van der Waals surface area (Å²) in [6.07, 6.45) is 1.20. The van der Waals surface area contributed by atoms with Crippen LogP contribution >= 0.6 is 12.2 Å². The number of ether oxygens (including phenoxy) is 2. The van der Waals surface area contributed by atoms with E-state index in [0.29, 0.717) is 4.77 Å². The van der Waals surface area contributed by atoms with E-state index >= 15 is 0 Å². The Hall–Kier alpha value is 0.220. The van der Waals surface area contributed by atoms with Crippen molar-refractivity contribution in [2.24, 2.45) is 0 Å². The summed E-state index contributed by atoms with van der Waals surface area (Å²) < 4.78 is 10.4. The molecule has 1 N–H and O–H groups in total. The van der Waals surface area contributed by atoms with Crippen LogP contribution in [-0.4, -0.2) is 53.7 Å². The maximum absolute atomic E-state index is 5.01. The van der Waals surface area contributed by atoms with Crippen LogP contribution in [0.4, 0.5) is 0 Å². The molecule has 1 radical (unpaired) electrons. The molecule has 1 heterocycles. The summed E-state index contributed by atoms with van der Waals surface area (Å²) in [6.45, 7) is 0. The summed E-state index contributed by atoms with van der Waals surface area (Å²) in [5.41, 5.74) is 0.764. The Labute approximate surface area is 104 Å². The molecular weight excluding hydrogens is 199 g/mol. The van der Waals surface area contributed by atoms with Crippen LogP contribution < -0.4 is 0 Å². The molecule has 0 atom stereocenters. The molecule has 0 saturated carbocycles. The van der Waals surface area contributed by atoms with Crippen LogP contribution in [0.15, 0.2) is 12.3 Å². The first-order chi connectivity index (χ1) is 5.77. The topological polar surface area (TPSA) is 47.1 Å². The van der Waals surface area contributed by atoms with E-state index in [2.05, 4.69) is 9.97 Å². The van der Waals surface area contributed by atoms with Gasteiger partial charge in [-0.25, -0.2) is 4.98 Å². The van der Waals surface area contributed by atoms with Crippen LogP contribution in [0.3, 0.4) is 0 Å². The van der Waals surface area contributed by atoms with Gasteiger partial charge in [0.1, 0.15) is 0 Å². The van der Waals surface area contributed by atoms with E-state index < -0.39 is 6.29 Å². The molecule has 1 aromatic heterocycles. The minimum atomic E-state index is -0.408. The van der Waals surface area contributed by atoms with Crippen molar-refractivity contribution in [1.29, 1.82) is 0 Å². The molecule has 0 amide bonds. The fourth-order valence-electron chi connectivity index (χ4n) is 0.870. The Bertz CT molecular complexity index is 301. The zero-order valence-corrected chi connectivity index (χ0v) is 10.7. The van der Waals surface area contributed by atoms with Crippen molar-refractivity contribution in [3.63, 3.8) is 0 Å². The molecule has 13 heavy (non-hydrogen) atoms. The van der Waals surface area contributed by atoms with E-state index in [1.165, 1.54) is 0 Å². The molecule has 0 aliphatic heterocycles. The minimum Gasteiger partial charge on any atom is -0.350 e. The first-order valence-corrected chi connectivity index (χ1v) is 3.79. The molecule has 0 aliphatic carbocycles. The van der Waals surface area contributed by atoms with Crippen molar-refractivity contribution < 1.29 is 9.47 Å². The molecule has 0 saturated heterocycles. The van der Waals surface area contributed by atoms with Crippen LogP contribution in [0.5, 0.6) is 0 Å². The minimum absolute atomic E-state index is 0. The molecule has 0 unspecified atom stereocenters. The number of nitrogens with one attached hydrogen (secondary N) is 1. The smallest absolute Gasteiger partial charge is 0.198 e. The van der Waals surface area contributed by atoms with Gasteiger partial charge < -0.3 is 14.5 Å². The molecule has 0 aliphatic rings. The Morgan fingerprint density at radius 2 is 2.08 bits per heavy atom. The van der Waals surface area contributed by atoms with Crippen LogP contribution in [0.2, 0.25) is 0 Å². The Balaban J connectivity index is 0.00000144. The molecule has 1 aromatic rings. The Morgan fingerprint density at radius 1 is 1.46 bits per heavy atom. The van der Waals surface area contributed by atoms with Crippen molar-refractivity contribution in [2.75, 3.05) is 14.2 Å². The average molecular weight is 209 g/mol. The first kappa shape index (κ1) is 13.2. The van der Waals surface area contributed by atoms with Gasteiger partial charge in [-0.05, 0) is 18.3 Å². The van der Waals surface area contributed by atoms with Gasteiger partial charge in [0, 0.05) is 50.0 Å². The summed E-state index contributed by atoms with van der Waals surface area (Å²) in [7, 11) is 3.12. The van der Waals surface area contributed by atoms with Crippen LogP contribution in [0.1, 0.15) is 12.0 Å². The molecule has 1 rings (SSSR count). The van der Waals surface area contributed by atoms with Crippen LogP contribution in [0, 0.1) is 4.77 Å². The van der Waals surface area contributed by atoms with Gasteiger partial charge in [-0.1, -0.05) is 0 Å². The third kappa shape index (κ3) is 3.84. The number of aromatic nitrogens is 2. The van der Waals surface area contributed by atoms with Gasteiger partial charge in [0.05, 0.1) is 5.69 Å². The number of hydrogen-bond acceptors (Lipinski definition) is 4. The zero-order valence-electron chi connectivity index (χ0n) is 7.90. The summed E-state index contributed by atoms with van der Waals surface area (Å²) in [4.78, 5) is 6.70. The van der Waals surface area contributed by atoms with Crippen molar-refractivity contribution in [3.05, 3.63) is 22.7 Å². The van der Waals surface area contributed by atoms with Gasteiger partial charge >= 0.3 is 0 Å². The molecular formula is C7H10N2NaO2S. The Kier molecular flexibility index (Phi) is 6.75. The molecule has 0 bridgehead atoms. The maximum Gasteiger partial charge on any atom is 0.198 e. The van der Waals surface area contributed by atoms with Gasteiger partial charge in [0.25, 0.3) is 0 Å². The molecule has 0 spiro atoms. The molecule has 4 nitrogen and oxygen atoms in total. The second-order valence-corrected chi connectivity index (χ2v) is 2.52. The molecule has 67 valence electrons. The summed E-state index contributed by atoms with van der Waals surface area (Å²) in [6, 6.07) is 1.76. The first-order valence-electron chi connectivity index (χ1n) is 3.38. The number of hydrogen-bond donors (Lipinski definition) is 1. The van der Waals surface area contributed by atoms with Crippen molar-refractivity contribution in [3.8, 4) is 0 Å². The van der Waals surface area contributed by atoms with E-state index in [9.17, 15) is 0 Å². The van der Waals surface area contributed by atoms with Gasteiger partial charge in [0.2, 0.25) is 0 Å². The number of nitrogens with zero attached hydrogens (tertiary/aromatic N) is 1. The average Bonchev–Trinajstić information content (AvgIpc) is 2.07. The summed E-state index contributed by atoms with van der Waals surface area (Å²) in [5, 5.41) is 0. The van der Waals surface area contributed by atoms with Gasteiger partial charge in [-0.2, -0.15) is 0 Å². The van der Waals surface area contributed by atoms with Crippen molar-refractivity contribution >= 4 is 41.8 Å². The molecule has 0 aromatic carbocycles. The van der Waals surface area contributed by atoms with Crippen molar-refractivity contribution in [2.45, 2.75) is 6.29 Å². The number of rotatable bonds is 3. The van der Waals surface area contributed by atoms with Crippen LogP contribution in [-0.2, 0) is 9.47 Å². The van der Waals surface area contributed by atoms with Crippen molar-refractivity contribution in [1.82, 2.24) is 9.97 Å². The summed E-state index contributed by atoms with van der Waals surface area (Å²) >= 11 is 4.84. The Morgan fingerprint density at radius 3 is 2.54 bits per heavy atom. The third-order valence-electron chi connectivity index (χ3n) is 1.38. The largest absolute Gasteiger partial charge is 0.350 e. The molecule has 6 heteroatoms. The fourth-order valence-corrected chi connectivity index (χ4v) is 1.05. The van der Waals surface area contributed by atoms with E-state index in [0.717, 1.165) is 5.69 Å². The fraction of sp³-hybridized carbons (Fsp3) is 0.429. The van der Waals surface area contributed by atoms with E-state index in [1.54, 1.807) is 26.5 Å². The third-order valence-corrected chi connectivity index (χ3v) is 1.59. The predicted molar refractivity (Wildman–Crippen MR) is 51.9 cm³/mol. The van der Waals surface area contributed by atoms with Gasteiger partial charge in [-0.15, -0.1) is 0 Å². The summed E-state index contributed by atoms with van der Waals surface area (Å²) in [5.74, 6) is 0. The monoisotopic (exact) mass is 209 g/mol. The van der Waals surface area contributed by atoms with Gasteiger partial charge in [-0.3, -0.25) is 0 Å². The van der Waals surface area contributed by atoms with Gasteiger partial charge in [0.15, 0.2) is 11.1 Å². The number of H-pyrrole nitrogens is 1.